The second-order valence-electron chi connectivity index (χ2n) is 9.77. The third kappa shape index (κ3) is 2.49. The lowest BCUT2D eigenvalue weighted by Crippen LogP contribution is -2.60. The summed E-state index contributed by atoms with van der Waals surface area (Å²) in [6.07, 6.45) is 7.69. The van der Waals surface area contributed by atoms with Crippen LogP contribution in [0.5, 0.6) is 0 Å². The summed E-state index contributed by atoms with van der Waals surface area (Å²) in [6.45, 7) is 11.2. The number of carbonyl (C=O) groups excluding carboxylic acids is 1. The highest BCUT2D eigenvalue weighted by Gasteiger charge is 2.61. The molecule has 3 aliphatic carbocycles. The van der Waals surface area contributed by atoms with Crippen LogP contribution in [0.3, 0.4) is 0 Å². The summed E-state index contributed by atoms with van der Waals surface area (Å²) in [5.41, 5.74) is 1.80. The maximum atomic E-state index is 11.9. The molecule has 3 aliphatic rings. The zero-order valence-electron chi connectivity index (χ0n) is 16.3. The number of ether oxygens (including phenoxy) is 1. The van der Waals surface area contributed by atoms with Crippen molar-refractivity contribution in [2.45, 2.75) is 78.7 Å². The minimum absolute atomic E-state index is 0.0509. The molecular formula is C22H32O3. The Hall–Kier alpha value is -1.25. The molecule has 0 bridgehead atoms. The van der Waals surface area contributed by atoms with E-state index in [9.17, 15) is 4.79 Å². The van der Waals surface area contributed by atoms with Gasteiger partial charge in [0.15, 0.2) is 0 Å². The van der Waals surface area contributed by atoms with Crippen LogP contribution in [-0.2, 0) is 16.0 Å². The van der Waals surface area contributed by atoms with E-state index in [1.54, 1.807) is 6.92 Å². The van der Waals surface area contributed by atoms with E-state index in [1.807, 2.05) is 6.26 Å². The zero-order chi connectivity index (χ0) is 18.0. The van der Waals surface area contributed by atoms with Crippen molar-refractivity contribution in [1.29, 1.82) is 0 Å². The predicted octanol–water partition coefficient (Wildman–Crippen LogP) is 5.34. The molecule has 25 heavy (non-hydrogen) atoms. The van der Waals surface area contributed by atoms with E-state index in [0.29, 0.717) is 23.7 Å². The number of hydrogen-bond acceptors (Lipinski definition) is 3. The maximum Gasteiger partial charge on any atom is 0.302 e. The molecule has 0 aromatic carbocycles. The predicted molar refractivity (Wildman–Crippen MR) is 97.2 cm³/mol. The van der Waals surface area contributed by atoms with Crippen molar-refractivity contribution in [3.63, 3.8) is 0 Å². The van der Waals surface area contributed by atoms with Crippen LogP contribution in [0.15, 0.2) is 16.7 Å². The van der Waals surface area contributed by atoms with E-state index >= 15 is 0 Å². The van der Waals surface area contributed by atoms with Gasteiger partial charge in [0.25, 0.3) is 0 Å². The van der Waals surface area contributed by atoms with Crippen molar-refractivity contribution in [2.75, 3.05) is 0 Å². The maximum absolute atomic E-state index is 11.9. The quantitative estimate of drug-likeness (QED) is 0.646. The van der Waals surface area contributed by atoms with Gasteiger partial charge in [-0.1, -0.05) is 34.1 Å². The van der Waals surface area contributed by atoms with Gasteiger partial charge >= 0.3 is 5.97 Å². The van der Waals surface area contributed by atoms with E-state index in [4.69, 9.17) is 9.15 Å². The van der Waals surface area contributed by atoms with Gasteiger partial charge in [-0.2, -0.15) is 0 Å². The second-order valence-corrected chi connectivity index (χ2v) is 9.77. The molecule has 6 atom stereocenters. The average Bonchev–Trinajstić information content (AvgIpc) is 2.96. The van der Waals surface area contributed by atoms with Crippen molar-refractivity contribution in [1.82, 2.24) is 0 Å². The molecule has 2 saturated carbocycles. The molecule has 3 nitrogen and oxygen atoms in total. The highest BCUT2D eigenvalue weighted by molar-refractivity contribution is 5.66. The highest BCUT2D eigenvalue weighted by atomic mass is 16.5. The summed E-state index contributed by atoms with van der Waals surface area (Å²) in [5, 5.41) is 0. The fraction of sp³-hybridized carbons (Fsp3) is 0.773. The molecule has 1 aromatic rings. The van der Waals surface area contributed by atoms with Crippen molar-refractivity contribution in [2.24, 2.45) is 28.6 Å². The van der Waals surface area contributed by atoms with Gasteiger partial charge in [0.2, 0.25) is 0 Å². The Kier molecular flexibility index (Phi) is 3.86. The van der Waals surface area contributed by atoms with Crippen LogP contribution >= 0.6 is 0 Å². The van der Waals surface area contributed by atoms with Gasteiger partial charge in [-0.25, -0.2) is 0 Å². The van der Waals surface area contributed by atoms with E-state index in [0.717, 1.165) is 12.8 Å². The Labute approximate surface area is 151 Å². The monoisotopic (exact) mass is 344 g/mol. The number of hydrogen-bond donors (Lipinski definition) is 0. The molecule has 0 aliphatic heterocycles. The van der Waals surface area contributed by atoms with Crippen LogP contribution in [0, 0.1) is 28.6 Å². The van der Waals surface area contributed by atoms with Crippen LogP contribution in [0.4, 0.5) is 0 Å². The van der Waals surface area contributed by atoms with Crippen molar-refractivity contribution < 1.29 is 13.9 Å². The summed E-state index contributed by atoms with van der Waals surface area (Å²) >= 11 is 0. The molecule has 1 heterocycles. The SMILES string of the molecule is CC(=O)O[C@@H]1C[C@H]2[C@@H](C)c3ccoc3C[C@@H]2[C@@]2(C)CCCC(C)(C)[C@H]12. The minimum Gasteiger partial charge on any atom is -0.469 e. The lowest BCUT2D eigenvalue weighted by molar-refractivity contribution is -0.191. The summed E-state index contributed by atoms with van der Waals surface area (Å²) in [6, 6.07) is 2.15. The normalized spacial score (nSPS) is 42.0. The summed E-state index contributed by atoms with van der Waals surface area (Å²) in [5.74, 6) is 3.18. The van der Waals surface area contributed by atoms with Gasteiger partial charge in [-0.05, 0) is 59.5 Å². The smallest absolute Gasteiger partial charge is 0.302 e. The van der Waals surface area contributed by atoms with Gasteiger partial charge in [-0.15, -0.1) is 0 Å². The molecule has 0 amide bonds. The molecule has 1 aromatic heterocycles. The molecule has 3 heteroatoms. The first-order valence-electron chi connectivity index (χ1n) is 9.97. The third-order valence-electron chi connectivity index (χ3n) is 7.96. The summed E-state index contributed by atoms with van der Waals surface area (Å²) in [4.78, 5) is 11.9. The molecule has 0 spiro atoms. The summed E-state index contributed by atoms with van der Waals surface area (Å²) < 4.78 is 11.8. The first kappa shape index (κ1) is 17.2. The Bertz CT molecular complexity index is 673. The molecule has 0 N–H and O–H groups in total. The van der Waals surface area contributed by atoms with Gasteiger partial charge in [0.1, 0.15) is 11.9 Å². The number of furan rings is 1. The Morgan fingerprint density at radius 3 is 2.76 bits per heavy atom. The van der Waals surface area contributed by atoms with Crippen LogP contribution in [-0.4, -0.2) is 12.1 Å². The second kappa shape index (κ2) is 5.62. The Morgan fingerprint density at radius 1 is 1.28 bits per heavy atom. The lowest BCUT2D eigenvalue weighted by Gasteiger charge is -2.63. The molecule has 2 fully saturated rings. The number of rotatable bonds is 1. The van der Waals surface area contributed by atoms with Crippen LogP contribution in [0.1, 0.15) is 77.5 Å². The fourth-order valence-electron chi connectivity index (χ4n) is 7.15. The zero-order valence-corrected chi connectivity index (χ0v) is 16.3. The van der Waals surface area contributed by atoms with E-state index in [1.165, 1.54) is 30.6 Å². The molecule has 138 valence electrons. The number of fused-ring (bicyclic) bond motifs is 4. The highest BCUT2D eigenvalue weighted by Crippen LogP contribution is 2.65. The van der Waals surface area contributed by atoms with E-state index in [-0.39, 0.29) is 22.9 Å². The lowest BCUT2D eigenvalue weighted by atomic mass is 9.43. The van der Waals surface area contributed by atoms with Gasteiger partial charge in [0.05, 0.1) is 6.26 Å². The van der Waals surface area contributed by atoms with Gasteiger partial charge < -0.3 is 9.15 Å². The van der Waals surface area contributed by atoms with E-state index < -0.39 is 0 Å². The van der Waals surface area contributed by atoms with Crippen LogP contribution in [0.2, 0.25) is 0 Å². The largest absolute Gasteiger partial charge is 0.469 e. The number of carbonyl (C=O) groups is 1. The Balaban J connectivity index is 1.79. The van der Waals surface area contributed by atoms with Crippen LogP contribution in [0.25, 0.3) is 0 Å². The topological polar surface area (TPSA) is 39.4 Å². The standard InChI is InChI=1S/C22H32O3/c1-13-15-7-10-24-18(15)12-17-16(13)11-19(25-14(2)23)20-21(3,4)8-6-9-22(17,20)5/h7,10,13,16-17,19-20H,6,8-9,11-12H2,1-5H3/t13-,16-,17-,19+,20-,22+/m0/s1. The summed E-state index contributed by atoms with van der Waals surface area (Å²) in [7, 11) is 0. The molecule has 0 radical (unpaired) electrons. The van der Waals surface area contributed by atoms with Crippen LogP contribution < -0.4 is 0 Å². The molecule has 0 unspecified atom stereocenters. The molecular weight excluding hydrogens is 312 g/mol. The van der Waals surface area contributed by atoms with Gasteiger partial charge in [0, 0.05) is 19.3 Å². The van der Waals surface area contributed by atoms with Crippen molar-refractivity contribution >= 4 is 5.97 Å². The average molecular weight is 344 g/mol. The first-order valence-corrected chi connectivity index (χ1v) is 9.97. The van der Waals surface area contributed by atoms with E-state index in [2.05, 4.69) is 33.8 Å². The third-order valence-corrected chi connectivity index (χ3v) is 7.96. The minimum atomic E-state index is -0.125. The van der Waals surface area contributed by atoms with Crippen molar-refractivity contribution in [3.8, 4) is 0 Å². The molecule has 4 rings (SSSR count). The fourth-order valence-corrected chi connectivity index (χ4v) is 7.15. The first-order chi connectivity index (χ1) is 11.7. The van der Waals surface area contributed by atoms with Gasteiger partial charge in [-0.3, -0.25) is 4.79 Å². The molecule has 0 saturated heterocycles. The number of esters is 1. The van der Waals surface area contributed by atoms with Crippen molar-refractivity contribution in [3.05, 3.63) is 23.7 Å². The Morgan fingerprint density at radius 2 is 2.04 bits per heavy atom.